The molecule has 1 saturated carbocycles. The van der Waals surface area contributed by atoms with Gasteiger partial charge in [-0.1, -0.05) is 12.1 Å². The number of nitrogens with two attached hydrogens (primary N) is 1. The van der Waals surface area contributed by atoms with Gasteiger partial charge in [0.2, 0.25) is 11.8 Å². The lowest BCUT2D eigenvalue weighted by molar-refractivity contribution is -0.141. The normalized spacial score (nSPS) is 34.1. The molecule has 0 aromatic heterocycles. The molecule has 1 aromatic carbocycles. The molecule has 4 aliphatic rings. The molecule has 3 heterocycles. The van der Waals surface area contributed by atoms with Crippen LogP contribution in [0.1, 0.15) is 37.8 Å². The first-order valence-corrected chi connectivity index (χ1v) is 10.7. The molecule has 7 nitrogen and oxygen atoms in total. The van der Waals surface area contributed by atoms with Crippen molar-refractivity contribution in [3.05, 3.63) is 35.6 Å². The summed E-state index contributed by atoms with van der Waals surface area (Å²) >= 11 is 0. The zero-order chi connectivity index (χ0) is 21.2. The summed E-state index contributed by atoms with van der Waals surface area (Å²) in [5.74, 6) is 0.0373. The average Bonchev–Trinajstić information content (AvgIpc) is 3.07. The van der Waals surface area contributed by atoms with Crippen molar-refractivity contribution >= 4 is 11.8 Å². The van der Waals surface area contributed by atoms with E-state index in [1.165, 1.54) is 12.1 Å². The van der Waals surface area contributed by atoms with Gasteiger partial charge in [0, 0.05) is 25.2 Å². The number of nitriles is 1. The first-order chi connectivity index (χ1) is 14.4. The predicted molar refractivity (Wildman–Crippen MR) is 106 cm³/mol. The summed E-state index contributed by atoms with van der Waals surface area (Å²) in [5.41, 5.74) is 7.16. The minimum atomic E-state index is -0.727. The van der Waals surface area contributed by atoms with E-state index >= 15 is 0 Å². The number of hydrogen-bond acceptors (Lipinski definition) is 5. The third-order valence-electron chi connectivity index (χ3n) is 7.34. The van der Waals surface area contributed by atoms with Crippen LogP contribution in [0.2, 0.25) is 0 Å². The molecule has 4 unspecified atom stereocenters. The van der Waals surface area contributed by atoms with Gasteiger partial charge in [0.05, 0.1) is 24.2 Å². The third kappa shape index (κ3) is 2.99. The highest BCUT2D eigenvalue weighted by Crippen LogP contribution is 2.48. The highest BCUT2D eigenvalue weighted by molar-refractivity contribution is 5.87. The Bertz CT molecular complexity index is 915. The van der Waals surface area contributed by atoms with E-state index in [0.29, 0.717) is 19.0 Å². The monoisotopic (exact) mass is 411 g/mol. The Morgan fingerprint density at radius 1 is 1.30 bits per heavy atom. The third-order valence-corrected chi connectivity index (χ3v) is 7.34. The molecule has 1 aliphatic carbocycles. The van der Waals surface area contributed by atoms with Crippen LogP contribution in [0.15, 0.2) is 24.3 Å². The van der Waals surface area contributed by atoms with E-state index in [-0.39, 0.29) is 47.8 Å². The fourth-order valence-corrected chi connectivity index (χ4v) is 5.71. The Hall–Kier alpha value is -2.50. The van der Waals surface area contributed by atoms with Crippen LogP contribution in [0.4, 0.5) is 4.39 Å². The number of piperidine rings is 1. The van der Waals surface area contributed by atoms with Crippen molar-refractivity contribution < 1.29 is 14.0 Å². The average molecular weight is 411 g/mol. The van der Waals surface area contributed by atoms with E-state index in [4.69, 9.17) is 5.73 Å². The van der Waals surface area contributed by atoms with Crippen LogP contribution in [0, 0.1) is 23.1 Å². The fourth-order valence-electron chi connectivity index (χ4n) is 5.71. The van der Waals surface area contributed by atoms with E-state index in [2.05, 4.69) is 6.07 Å². The summed E-state index contributed by atoms with van der Waals surface area (Å²) in [7, 11) is 0. The summed E-state index contributed by atoms with van der Waals surface area (Å²) in [6.07, 6.45) is 2.45. The molecule has 0 radical (unpaired) electrons. The van der Waals surface area contributed by atoms with Crippen LogP contribution < -0.4 is 5.73 Å². The summed E-state index contributed by atoms with van der Waals surface area (Å²) in [6, 6.07) is 7.26. The van der Waals surface area contributed by atoms with Crippen LogP contribution in [-0.4, -0.2) is 69.8 Å². The molecule has 2 bridgehead atoms. The van der Waals surface area contributed by atoms with Crippen LogP contribution in [-0.2, 0) is 9.59 Å². The molecule has 1 aromatic rings. The standard InChI is InChI=1S/C22H26FN5O2/c1-12(13-2-4-15(23)5-3-13)27-17-8-20(22(27)30)26(10-17)11-18(25)21(29)28-16(9-24)6-14-7-19(14)28/h2-5,12,14,16-20H,6-8,10-11,25H2,1H3/t12-,14?,16-,17?,18?,19-,20?/m0/s1. The highest BCUT2D eigenvalue weighted by Gasteiger charge is 2.56. The molecule has 3 saturated heterocycles. The number of nitrogens with zero attached hydrogens (tertiary/aromatic N) is 4. The van der Waals surface area contributed by atoms with E-state index in [0.717, 1.165) is 24.8 Å². The summed E-state index contributed by atoms with van der Waals surface area (Å²) in [4.78, 5) is 31.6. The maximum Gasteiger partial charge on any atom is 0.242 e. The SMILES string of the molecule is C[C@@H](c1ccc(F)cc1)N1C(=O)C2CC1CN2CC(N)C(=O)N1[C@H](C#N)CC2C[C@@H]21. The summed E-state index contributed by atoms with van der Waals surface area (Å²) in [5, 5.41) is 9.33. The Morgan fingerprint density at radius 3 is 2.70 bits per heavy atom. The minimum absolute atomic E-state index is 0.0426. The minimum Gasteiger partial charge on any atom is -0.330 e. The largest absolute Gasteiger partial charge is 0.330 e. The molecule has 4 fully saturated rings. The predicted octanol–water partition coefficient (Wildman–Crippen LogP) is 1.01. The summed E-state index contributed by atoms with van der Waals surface area (Å²) < 4.78 is 13.2. The van der Waals surface area contributed by atoms with E-state index < -0.39 is 6.04 Å². The van der Waals surface area contributed by atoms with Crippen LogP contribution in [0.5, 0.6) is 0 Å². The van der Waals surface area contributed by atoms with Gasteiger partial charge in [-0.25, -0.2) is 4.39 Å². The molecule has 2 amide bonds. The van der Waals surface area contributed by atoms with Crippen molar-refractivity contribution in [1.29, 1.82) is 5.26 Å². The topological polar surface area (TPSA) is 93.7 Å². The Kier molecular flexibility index (Phi) is 4.56. The highest BCUT2D eigenvalue weighted by atomic mass is 19.1. The summed E-state index contributed by atoms with van der Waals surface area (Å²) in [6.45, 7) is 2.97. The number of halogens is 1. The quantitative estimate of drug-likeness (QED) is 0.781. The number of piperazine rings is 1. The molecule has 158 valence electrons. The van der Waals surface area contributed by atoms with Crippen LogP contribution in [0.25, 0.3) is 0 Å². The number of benzene rings is 1. The van der Waals surface area contributed by atoms with Crippen molar-refractivity contribution in [3.63, 3.8) is 0 Å². The van der Waals surface area contributed by atoms with Gasteiger partial charge in [0.1, 0.15) is 11.9 Å². The number of likely N-dealkylation sites (tertiary alicyclic amines) is 3. The van der Waals surface area contributed by atoms with E-state index in [1.54, 1.807) is 17.0 Å². The Labute approximate surface area is 175 Å². The van der Waals surface area contributed by atoms with Gasteiger partial charge in [0.15, 0.2) is 0 Å². The van der Waals surface area contributed by atoms with Gasteiger partial charge < -0.3 is 15.5 Å². The smallest absolute Gasteiger partial charge is 0.242 e. The first kappa shape index (κ1) is 19.5. The van der Waals surface area contributed by atoms with Gasteiger partial charge in [0.25, 0.3) is 0 Å². The lowest BCUT2D eigenvalue weighted by atomic mass is 10.1. The molecular formula is C22H26FN5O2. The molecular weight excluding hydrogens is 385 g/mol. The maximum atomic E-state index is 13.2. The zero-order valence-electron chi connectivity index (χ0n) is 16.9. The maximum absolute atomic E-state index is 13.2. The number of carbonyl (C=O) groups excluding carboxylic acids is 2. The van der Waals surface area contributed by atoms with Gasteiger partial charge >= 0.3 is 0 Å². The second kappa shape index (κ2) is 7.03. The molecule has 8 heteroatoms. The fraction of sp³-hybridized carbons (Fsp3) is 0.591. The van der Waals surface area contributed by atoms with Gasteiger partial charge in [-0.15, -0.1) is 0 Å². The lowest BCUT2D eigenvalue weighted by Crippen LogP contribution is -2.57. The molecule has 7 atom stereocenters. The number of carbonyl (C=O) groups is 2. The Morgan fingerprint density at radius 2 is 2.03 bits per heavy atom. The lowest BCUT2D eigenvalue weighted by Gasteiger charge is -2.38. The number of rotatable bonds is 5. The Balaban J connectivity index is 1.23. The molecule has 2 N–H and O–H groups in total. The second-order valence-electron chi connectivity index (χ2n) is 9.13. The van der Waals surface area contributed by atoms with Crippen molar-refractivity contribution in [3.8, 4) is 6.07 Å². The van der Waals surface area contributed by atoms with Crippen LogP contribution in [0.3, 0.4) is 0 Å². The second-order valence-corrected chi connectivity index (χ2v) is 9.13. The molecule has 3 aliphatic heterocycles. The number of amides is 2. The van der Waals surface area contributed by atoms with Crippen molar-refractivity contribution in [2.24, 2.45) is 11.7 Å². The van der Waals surface area contributed by atoms with E-state index in [1.807, 2.05) is 16.7 Å². The van der Waals surface area contributed by atoms with Crippen molar-refractivity contribution in [2.75, 3.05) is 13.1 Å². The van der Waals surface area contributed by atoms with E-state index in [9.17, 15) is 19.2 Å². The molecule has 0 spiro atoms. The van der Waals surface area contributed by atoms with Gasteiger partial charge in [-0.2, -0.15) is 5.26 Å². The molecule has 5 rings (SSSR count). The number of fused-ring (bicyclic) bond motifs is 3. The van der Waals surface area contributed by atoms with Crippen LogP contribution >= 0.6 is 0 Å². The van der Waals surface area contributed by atoms with Crippen molar-refractivity contribution in [1.82, 2.24) is 14.7 Å². The van der Waals surface area contributed by atoms with Gasteiger partial charge in [-0.3, -0.25) is 14.5 Å². The number of hydrogen-bond donors (Lipinski definition) is 1. The zero-order valence-corrected chi connectivity index (χ0v) is 16.9. The van der Waals surface area contributed by atoms with Gasteiger partial charge in [-0.05, 0) is 49.8 Å². The first-order valence-electron chi connectivity index (χ1n) is 10.7. The van der Waals surface area contributed by atoms with Crippen molar-refractivity contribution in [2.45, 2.75) is 62.4 Å². The molecule has 30 heavy (non-hydrogen) atoms.